The number of aromatic nitrogens is 2. The summed E-state index contributed by atoms with van der Waals surface area (Å²) in [5.74, 6) is -0.426. The highest BCUT2D eigenvalue weighted by atomic mass is 35.5. The molecule has 2 heterocycles. The average Bonchev–Trinajstić information content (AvgIpc) is 3.31. The smallest absolute Gasteiger partial charge is 0.489 e. The molecule has 2 aromatic rings. The Hall–Kier alpha value is -2.08. The third kappa shape index (κ3) is 3.31. The van der Waals surface area contributed by atoms with Gasteiger partial charge in [-0.15, -0.1) is 0 Å². The molecule has 29 heavy (non-hydrogen) atoms. The molecule has 0 radical (unpaired) electrons. The quantitative estimate of drug-likeness (QED) is 0.711. The lowest BCUT2D eigenvalue weighted by molar-refractivity contribution is 0.00578. The Morgan fingerprint density at radius 3 is 2.48 bits per heavy atom. The minimum absolute atomic E-state index is 0.0329. The van der Waals surface area contributed by atoms with Gasteiger partial charge in [0.05, 0.1) is 33.6 Å². The van der Waals surface area contributed by atoms with Crippen molar-refractivity contribution >= 4 is 24.2 Å². The van der Waals surface area contributed by atoms with Crippen molar-refractivity contribution in [2.75, 3.05) is 0 Å². The van der Waals surface area contributed by atoms with Crippen LogP contribution in [0.3, 0.4) is 0 Å². The van der Waals surface area contributed by atoms with Crippen molar-refractivity contribution in [1.82, 2.24) is 9.78 Å². The summed E-state index contributed by atoms with van der Waals surface area (Å²) in [6, 6.07) is 3.45. The molecule has 2 aliphatic rings. The zero-order valence-corrected chi connectivity index (χ0v) is 17.8. The first-order valence-electron chi connectivity index (χ1n) is 9.52. The molecule has 1 saturated carbocycles. The van der Waals surface area contributed by atoms with E-state index < -0.39 is 24.1 Å². The van der Waals surface area contributed by atoms with Gasteiger partial charge in [0.2, 0.25) is 0 Å². The van der Waals surface area contributed by atoms with Gasteiger partial charge in [0.1, 0.15) is 17.4 Å². The van der Waals surface area contributed by atoms with Crippen molar-refractivity contribution in [3.63, 3.8) is 0 Å². The van der Waals surface area contributed by atoms with Gasteiger partial charge in [-0.1, -0.05) is 11.6 Å². The van der Waals surface area contributed by atoms with E-state index in [1.165, 1.54) is 10.7 Å². The summed E-state index contributed by atoms with van der Waals surface area (Å²) in [5.41, 5.74) is -0.117. The number of hydrogen-bond acceptors (Lipinski definition) is 5. The molecule has 1 aromatic heterocycles. The zero-order valence-electron chi connectivity index (χ0n) is 17.0. The molecule has 0 spiro atoms. The Morgan fingerprint density at radius 1 is 1.31 bits per heavy atom. The number of nitrogens with zero attached hydrogens (tertiary/aromatic N) is 3. The van der Waals surface area contributed by atoms with Gasteiger partial charge in [0.25, 0.3) is 0 Å². The summed E-state index contributed by atoms with van der Waals surface area (Å²) in [7, 11) is 0.911. The molecule has 0 N–H and O–H groups in total. The molecule has 1 aliphatic carbocycles. The van der Waals surface area contributed by atoms with E-state index in [2.05, 4.69) is 11.2 Å². The number of hydrogen-bond donors (Lipinski definition) is 0. The van der Waals surface area contributed by atoms with Gasteiger partial charge in [-0.25, -0.2) is 4.39 Å². The van der Waals surface area contributed by atoms with Gasteiger partial charge in [-0.05, 0) is 40.5 Å². The van der Waals surface area contributed by atoms with Gasteiger partial charge >= 0.3 is 7.12 Å². The minimum atomic E-state index is -0.763. The molecular weight excluding hydrogens is 396 g/mol. The van der Waals surface area contributed by atoms with E-state index in [-0.39, 0.29) is 28.0 Å². The van der Waals surface area contributed by atoms with Gasteiger partial charge in [0.15, 0.2) is 5.82 Å². The predicted molar refractivity (Wildman–Crippen MR) is 108 cm³/mol. The molecule has 0 atom stereocenters. The van der Waals surface area contributed by atoms with Crippen LogP contribution in [-0.4, -0.2) is 34.2 Å². The maximum absolute atomic E-state index is 15.2. The fourth-order valence-electron chi connectivity index (χ4n) is 3.30. The Kier molecular flexibility index (Phi) is 4.69. The second-order valence-electron chi connectivity index (χ2n) is 8.51. The number of halogens is 2. The van der Waals surface area contributed by atoms with Crippen LogP contribution in [0.1, 0.15) is 46.1 Å². The Bertz CT molecular complexity index is 1010. The van der Waals surface area contributed by atoms with Gasteiger partial charge in [-0.2, -0.15) is 10.4 Å². The monoisotopic (exact) mass is 417 g/mol. The van der Waals surface area contributed by atoms with Crippen LogP contribution in [-0.2, 0) is 16.4 Å². The molecule has 0 unspecified atom stereocenters. The minimum Gasteiger partial charge on any atom is -0.489 e. The van der Waals surface area contributed by atoms with E-state index in [0.717, 1.165) is 12.8 Å². The van der Waals surface area contributed by atoms with Gasteiger partial charge < -0.3 is 14.0 Å². The Labute approximate surface area is 174 Å². The van der Waals surface area contributed by atoms with Crippen LogP contribution in [0.5, 0.6) is 5.75 Å². The second kappa shape index (κ2) is 6.73. The summed E-state index contributed by atoms with van der Waals surface area (Å²) in [6.07, 6.45) is 3.41. The van der Waals surface area contributed by atoms with E-state index in [1.807, 2.05) is 27.7 Å². The summed E-state index contributed by atoms with van der Waals surface area (Å²) in [5, 5.41) is 14.0. The lowest BCUT2D eigenvalue weighted by atomic mass is 9.77. The third-order valence-electron chi connectivity index (χ3n) is 5.82. The van der Waals surface area contributed by atoms with Crippen LogP contribution in [0.4, 0.5) is 4.39 Å². The highest BCUT2D eigenvalue weighted by Crippen LogP contribution is 2.41. The van der Waals surface area contributed by atoms with Crippen molar-refractivity contribution in [2.45, 2.75) is 57.8 Å². The highest BCUT2D eigenvalue weighted by molar-refractivity contribution is 6.63. The van der Waals surface area contributed by atoms with Gasteiger partial charge in [-0.3, -0.25) is 4.68 Å². The van der Waals surface area contributed by atoms with Crippen molar-refractivity contribution in [3.8, 4) is 23.1 Å². The standard InChI is InChI=1S/C20H22BClFN3O3/c1-19(2)20(3,4)29-21(28-19)13-10-25-26(5)18(13)16-12(9-24)15(27-11-6-7-11)8-14(22)17(16)23/h8,10-11H,6-7H2,1-5H3. The molecular formula is C20H22BClFN3O3. The second-order valence-corrected chi connectivity index (χ2v) is 8.92. The number of nitriles is 1. The third-order valence-corrected chi connectivity index (χ3v) is 6.10. The molecule has 0 amide bonds. The summed E-state index contributed by atoms with van der Waals surface area (Å²) in [4.78, 5) is 0. The lowest BCUT2D eigenvalue weighted by Crippen LogP contribution is -2.41. The predicted octanol–water partition coefficient (Wildman–Crippen LogP) is 3.59. The summed E-state index contributed by atoms with van der Waals surface area (Å²) < 4.78 is 34.8. The first-order valence-corrected chi connectivity index (χ1v) is 9.90. The van der Waals surface area contributed by atoms with Crippen molar-refractivity contribution in [1.29, 1.82) is 5.26 Å². The van der Waals surface area contributed by atoms with E-state index in [4.69, 9.17) is 25.6 Å². The average molecular weight is 418 g/mol. The topological polar surface area (TPSA) is 69.3 Å². The molecule has 0 bridgehead atoms. The van der Waals surface area contributed by atoms with Crippen molar-refractivity contribution in [3.05, 3.63) is 28.7 Å². The molecule has 4 rings (SSSR count). The van der Waals surface area contributed by atoms with Gasteiger partial charge in [0, 0.05) is 24.8 Å². The fraction of sp³-hybridized carbons (Fsp3) is 0.500. The summed E-state index contributed by atoms with van der Waals surface area (Å²) >= 11 is 6.17. The molecule has 1 saturated heterocycles. The molecule has 1 aromatic carbocycles. The van der Waals surface area contributed by atoms with Crippen LogP contribution in [0.2, 0.25) is 5.02 Å². The molecule has 152 valence electrons. The number of aryl methyl sites for hydroxylation is 1. The van der Waals surface area contributed by atoms with E-state index in [9.17, 15) is 5.26 Å². The van der Waals surface area contributed by atoms with Crippen LogP contribution >= 0.6 is 11.6 Å². The number of rotatable bonds is 4. The van der Waals surface area contributed by atoms with Crippen LogP contribution in [0, 0.1) is 17.1 Å². The highest BCUT2D eigenvalue weighted by Gasteiger charge is 2.53. The normalized spacial score (nSPS) is 20.0. The SMILES string of the molecule is Cn1ncc(B2OC(C)(C)C(C)(C)O2)c1-c1c(F)c(Cl)cc(OC2CC2)c1C#N. The maximum atomic E-state index is 15.2. The zero-order chi connectivity index (χ0) is 21.1. The number of benzene rings is 1. The fourth-order valence-corrected chi connectivity index (χ4v) is 3.49. The molecule has 1 aliphatic heterocycles. The molecule has 6 nitrogen and oxygen atoms in total. The van der Waals surface area contributed by atoms with Crippen molar-refractivity contribution < 1.29 is 18.4 Å². The molecule has 2 fully saturated rings. The maximum Gasteiger partial charge on any atom is 0.498 e. The number of ether oxygens (including phenoxy) is 1. The first kappa shape index (κ1) is 20.2. The Morgan fingerprint density at radius 2 is 1.93 bits per heavy atom. The lowest BCUT2D eigenvalue weighted by Gasteiger charge is -2.32. The first-order chi connectivity index (χ1) is 13.6. The largest absolute Gasteiger partial charge is 0.498 e. The Balaban J connectivity index is 1.88. The van der Waals surface area contributed by atoms with E-state index in [0.29, 0.717) is 11.2 Å². The van der Waals surface area contributed by atoms with Crippen LogP contribution in [0.15, 0.2) is 12.3 Å². The van der Waals surface area contributed by atoms with Crippen LogP contribution in [0.25, 0.3) is 11.3 Å². The van der Waals surface area contributed by atoms with E-state index in [1.54, 1.807) is 13.2 Å². The van der Waals surface area contributed by atoms with Crippen LogP contribution < -0.4 is 10.2 Å². The molecule has 9 heteroatoms. The van der Waals surface area contributed by atoms with E-state index >= 15 is 4.39 Å². The summed E-state index contributed by atoms with van der Waals surface area (Å²) in [6.45, 7) is 7.74. The van der Waals surface area contributed by atoms with Crippen molar-refractivity contribution in [2.24, 2.45) is 7.05 Å².